The Labute approximate surface area is 113 Å². The molecular formula is C12H13BrN2O3. The number of carbonyl (C=O) groups excluding carboxylic acids is 1. The highest BCUT2D eigenvalue weighted by atomic mass is 79.9. The summed E-state index contributed by atoms with van der Waals surface area (Å²) in [5, 5.41) is 13.5. The van der Waals surface area contributed by atoms with Crippen LogP contribution in [0.15, 0.2) is 22.7 Å². The van der Waals surface area contributed by atoms with E-state index in [-0.39, 0.29) is 0 Å². The van der Waals surface area contributed by atoms with E-state index in [9.17, 15) is 9.90 Å². The molecule has 18 heavy (non-hydrogen) atoms. The molecule has 1 aromatic rings. The van der Waals surface area contributed by atoms with Crippen LogP contribution in [-0.2, 0) is 15.3 Å². The van der Waals surface area contributed by atoms with Gasteiger partial charge >= 0.3 is 0 Å². The second kappa shape index (κ2) is 4.31. The maximum Gasteiger partial charge on any atom is 0.276 e. The summed E-state index contributed by atoms with van der Waals surface area (Å²) in [6.45, 7) is 2.13. The number of amides is 1. The first-order chi connectivity index (χ1) is 8.62. The van der Waals surface area contributed by atoms with Crippen LogP contribution < -0.4 is 5.32 Å². The average molecular weight is 313 g/mol. The lowest BCUT2D eigenvalue weighted by molar-refractivity contribution is -0.168. The van der Waals surface area contributed by atoms with Gasteiger partial charge in [-0.3, -0.25) is 9.69 Å². The van der Waals surface area contributed by atoms with Crippen molar-refractivity contribution in [1.29, 1.82) is 0 Å². The lowest BCUT2D eigenvalue weighted by Gasteiger charge is -2.37. The first-order valence-corrected chi connectivity index (χ1v) is 6.58. The number of hydrogen-bond acceptors (Lipinski definition) is 4. The van der Waals surface area contributed by atoms with E-state index in [4.69, 9.17) is 4.74 Å². The molecule has 2 N–H and O–H groups in total. The third-order valence-electron chi connectivity index (χ3n) is 3.39. The fourth-order valence-electron chi connectivity index (χ4n) is 2.45. The van der Waals surface area contributed by atoms with Crippen LogP contribution in [0.3, 0.4) is 0 Å². The Morgan fingerprint density at radius 3 is 2.83 bits per heavy atom. The van der Waals surface area contributed by atoms with Crippen molar-refractivity contribution in [2.45, 2.75) is 5.72 Å². The predicted molar refractivity (Wildman–Crippen MR) is 69.1 cm³/mol. The van der Waals surface area contributed by atoms with Gasteiger partial charge < -0.3 is 15.2 Å². The van der Waals surface area contributed by atoms with Crippen LogP contribution in [0.5, 0.6) is 0 Å². The molecule has 0 saturated carbocycles. The summed E-state index contributed by atoms with van der Waals surface area (Å²) in [6.07, 6.45) is 0. The molecule has 5 nitrogen and oxygen atoms in total. The monoisotopic (exact) mass is 312 g/mol. The number of hydrogen-bond donors (Lipinski definition) is 2. The molecule has 1 amide bonds. The van der Waals surface area contributed by atoms with Crippen molar-refractivity contribution in [3.63, 3.8) is 0 Å². The molecule has 0 aliphatic carbocycles. The number of anilines is 1. The van der Waals surface area contributed by atoms with Gasteiger partial charge in [0.25, 0.3) is 5.91 Å². The molecule has 6 heteroatoms. The van der Waals surface area contributed by atoms with Gasteiger partial charge in [-0.1, -0.05) is 15.9 Å². The van der Waals surface area contributed by atoms with E-state index < -0.39 is 11.6 Å². The smallest absolute Gasteiger partial charge is 0.276 e. The van der Waals surface area contributed by atoms with Crippen LogP contribution in [0, 0.1) is 0 Å². The van der Waals surface area contributed by atoms with Crippen LogP contribution in [0.4, 0.5) is 5.69 Å². The van der Waals surface area contributed by atoms with Gasteiger partial charge in [0.05, 0.1) is 13.2 Å². The topological polar surface area (TPSA) is 61.8 Å². The van der Waals surface area contributed by atoms with Gasteiger partial charge in [-0.15, -0.1) is 0 Å². The molecule has 1 aromatic carbocycles. The normalized spacial score (nSPS) is 28.0. The lowest BCUT2D eigenvalue weighted by Crippen LogP contribution is -2.55. The van der Waals surface area contributed by atoms with Crippen molar-refractivity contribution < 1.29 is 14.6 Å². The summed E-state index contributed by atoms with van der Waals surface area (Å²) < 4.78 is 6.09. The van der Waals surface area contributed by atoms with E-state index >= 15 is 0 Å². The zero-order valence-electron chi connectivity index (χ0n) is 9.65. The zero-order valence-corrected chi connectivity index (χ0v) is 11.2. The zero-order chi connectivity index (χ0) is 12.8. The van der Waals surface area contributed by atoms with Crippen molar-refractivity contribution in [3.05, 3.63) is 28.2 Å². The van der Waals surface area contributed by atoms with E-state index in [0.29, 0.717) is 37.6 Å². The predicted octanol–water partition coefficient (Wildman–Crippen LogP) is 0.879. The second-order valence-electron chi connectivity index (χ2n) is 4.42. The number of aliphatic hydroxyl groups is 1. The summed E-state index contributed by atoms with van der Waals surface area (Å²) in [5.74, 6) is -0.391. The first-order valence-electron chi connectivity index (χ1n) is 5.79. The molecule has 2 aliphatic heterocycles. The molecule has 3 rings (SSSR count). The van der Waals surface area contributed by atoms with Crippen molar-refractivity contribution in [2.75, 3.05) is 31.6 Å². The SMILES string of the molecule is O=C1Nc2ccc(Br)cc2[C@@]1(O)N1CCOCC1. The minimum Gasteiger partial charge on any atom is -0.379 e. The number of halogens is 1. The van der Waals surface area contributed by atoms with Gasteiger partial charge in [-0.05, 0) is 18.2 Å². The van der Waals surface area contributed by atoms with Gasteiger partial charge in [-0.25, -0.2) is 0 Å². The highest BCUT2D eigenvalue weighted by molar-refractivity contribution is 9.10. The molecule has 1 saturated heterocycles. The summed E-state index contributed by atoms with van der Waals surface area (Å²) in [4.78, 5) is 13.9. The number of morpholine rings is 1. The van der Waals surface area contributed by atoms with E-state index in [0.717, 1.165) is 4.47 Å². The Kier molecular flexibility index (Phi) is 2.90. The number of rotatable bonds is 1. The largest absolute Gasteiger partial charge is 0.379 e. The number of ether oxygens (including phenoxy) is 1. The third kappa shape index (κ3) is 1.68. The lowest BCUT2D eigenvalue weighted by atomic mass is 10.0. The van der Waals surface area contributed by atoms with Crippen molar-refractivity contribution >= 4 is 27.5 Å². The summed E-state index contributed by atoms with van der Waals surface area (Å²) in [7, 11) is 0. The number of carbonyl (C=O) groups is 1. The van der Waals surface area contributed by atoms with Gasteiger partial charge in [0.1, 0.15) is 0 Å². The van der Waals surface area contributed by atoms with Gasteiger partial charge in [0.2, 0.25) is 5.72 Å². The number of fused-ring (bicyclic) bond motifs is 1. The minimum absolute atomic E-state index is 0.391. The van der Waals surface area contributed by atoms with Gasteiger partial charge in [0.15, 0.2) is 0 Å². The highest BCUT2D eigenvalue weighted by Crippen LogP contribution is 2.40. The first kappa shape index (κ1) is 12.1. The fourth-order valence-corrected chi connectivity index (χ4v) is 2.81. The number of nitrogens with one attached hydrogen (secondary N) is 1. The van der Waals surface area contributed by atoms with Crippen LogP contribution in [0.25, 0.3) is 0 Å². The fraction of sp³-hybridized carbons (Fsp3) is 0.417. The van der Waals surface area contributed by atoms with Crippen molar-refractivity contribution in [3.8, 4) is 0 Å². The molecular weight excluding hydrogens is 300 g/mol. The van der Waals surface area contributed by atoms with Gasteiger partial charge in [0, 0.05) is 28.8 Å². The second-order valence-corrected chi connectivity index (χ2v) is 5.33. The molecule has 1 atom stereocenters. The van der Waals surface area contributed by atoms with E-state index in [1.807, 2.05) is 6.07 Å². The number of benzene rings is 1. The molecule has 0 unspecified atom stereocenters. The van der Waals surface area contributed by atoms with Gasteiger partial charge in [-0.2, -0.15) is 0 Å². The third-order valence-corrected chi connectivity index (χ3v) is 3.88. The molecule has 0 radical (unpaired) electrons. The summed E-state index contributed by atoms with van der Waals surface area (Å²) in [6, 6.07) is 5.41. The Morgan fingerprint density at radius 2 is 2.11 bits per heavy atom. The van der Waals surface area contributed by atoms with E-state index in [2.05, 4.69) is 21.2 Å². The highest BCUT2D eigenvalue weighted by Gasteiger charge is 2.50. The Bertz CT molecular complexity index is 502. The minimum atomic E-state index is -1.58. The number of nitrogens with zero attached hydrogens (tertiary/aromatic N) is 1. The van der Waals surface area contributed by atoms with Crippen LogP contribution in [-0.4, -0.2) is 42.2 Å². The molecule has 0 spiro atoms. The van der Waals surface area contributed by atoms with Crippen molar-refractivity contribution in [2.24, 2.45) is 0 Å². The maximum atomic E-state index is 12.1. The maximum absolute atomic E-state index is 12.1. The molecule has 2 heterocycles. The Morgan fingerprint density at radius 1 is 1.39 bits per heavy atom. The average Bonchev–Trinajstić information content (AvgIpc) is 2.64. The quantitative estimate of drug-likeness (QED) is 0.808. The summed E-state index contributed by atoms with van der Waals surface area (Å²) >= 11 is 3.37. The Balaban J connectivity index is 2.05. The molecule has 0 bridgehead atoms. The van der Waals surface area contributed by atoms with Crippen LogP contribution in [0.1, 0.15) is 5.56 Å². The van der Waals surface area contributed by atoms with Crippen molar-refractivity contribution in [1.82, 2.24) is 4.90 Å². The molecule has 96 valence electrons. The Hall–Kier alpha value is -0.950. The van der Waals surface area contributed by atoms with E-state index in [1.54, 1.807) is 17.0 Å². The molecule has 1 fully saturated rings. The van der Waals surface area contributed by atoms with Crippen LogP contribution in [0.2, 0.25) is 0 Å². The van der Waals surface area contributed by atoms with Crippen LogP contribution >= 0.6 is 15.9 Å². The molecule has 0 aromatic heterocycles. The molecule has 2 aliphatic rings. The standard InChI is InChI=1S/C12H13BrN2O3/c13-8-1-2-10-9(7-8)12(17,11(16)14-10)15-3-5-18-6-4-15/h1-2,7,17H,3-6H2,(H,14,16)/t12-/m0/s1. The summed E-state index contributed by atoms with van der Waals surface area (Å²) in [5.41, 5.74) is -0.316. The van der Waals surface area contributed by atoms with E-state index in [1.165, 1.54) is 0 Å².